The molecular weight excluding hydrogens is 360 g/mol. The molecule has 1 aromatic heterocycles. The molecular formula is C15H13F2NO4S2. The third kappa shape index (κ3) is 3.80. The van der Waals surface area contributed by atoms with Crippen molar-refractivity contribution >= 4 is 27.3 Å². The van der Waals surface area contributed by atoms with Crippen molar-refractivity contribution in [1.82, 2.24) is 4.72 Å². The van der Waals surface area contributed by atoms with E-state index < -0.39 is 33.3 Å². The SMILES string of the molecule is O=C(NS(=O)(=O)Cc1ccc(F)cc1F)c1cc2c(s1)CCOC2. The van der Waals surface area contributed by atoms with Crippen molar-refractivity contribution in [2.75, 3.05) is 6.61 Å². The summed E-state index contributed by atoms with van der Waals surface area (Å²) in [4.78, 5) is 13.4. The number of benzene rings is 1. The van der Waals surface area contributed by atoms with E-state index in [0.717, 1.165) is 22.6 Å². The third-order valence-corrected chi connectivity index (χ3v) is 5.88. The summed E-state index contributed by atoms with van der Waals surface area (Å²) in [6.45, 7) is 0.962. The van der Waals surface area contributed by atoms with Crippen molar-refractivity contribution in [3.05, 3.63) is 56.8 Å². The zero-order valence-corrected chi connectivity index (χ0v) is 14.0. The van der Waals surface area contributed by atoms with Crippen molar-refractivity contribution in [1.29, 1.82) is 0 Å². The number of ether oxygens (including phenoxy) is 1. The average molecular weight is 373 g/mol. The summed E-state index contributed by atoms with van der Waals surface area (Å²) >= 11 is 1.22. The summed E-state index contributed by atoms with van der Waals surface area (Å²) in [5.74, 6) is -3.29. The van der Waals surface area contributed by atoms with E-state index in [1.807, 2.05) is 4.72 Å². The lowest BCUT2D eigenvalue weighted by Gasteiger charge is -2.10. The van der Waals surface area contributed by atoms with Gasteiger partial charge in [-0.1, -0.05) is 6.07 Å². The Morgan fingerprint density at radius 1 is 1.29 bits per heavy atom. The quantitative estimate of drug-likeness (QED) is 0.893. The molecule has 0 unspecified atom stereocenters. The van der Waals surface area contributed by atoms with Crippen molar-refractivity contribution in [2.24, 2.45) is 0 Å². The molecule has 2 heterocycles. The molecule has 5 nitrogen and oxygen atoms in total. The number of nitrogens with one attached hydrogen (secondary N) is 1. The van der Waals surface area contributed by atoms with E-state index in [0.29, 0.717) is 25.7 Å². The predicted molar refractivity (Wildman–Crippen MR) is 84.1 cm³/mol. The Bertz CT molecular complexity index is 869. The standard InChI is InChI=1S/C15H13F2NO4S2/c16-11-2-1-9(12(17)6-11)8-24(20,21)18-15(19)14-5-10-7-22-4-3-13(10)23-14/h1-2,5-6H,3-4,7-8H2,(H,18,19). The second kappa shape index (κ2) is 6.58. The van der Waals surface area contributed by atoms with Crippen LogP contribution in [0.25, 0.3) is 0 Å². The molecule has 128 valence electrons. The lowest BCUT2D eigenvalue weighted by molar-refractivity contribution is 0.0984. The van der Waals surface area contributed by atoms with E-state index in [9.17, 15) is 22.0 Å². The van der Waals surface area contributed by atoms with Crippen LogP contribution < -0.4 is 4.72 Å². The van der Waals surface area contributed by atoms with Crippen LogP contribution in [-0.2, 0) is 33.5 Å². The first kappa shape index (κ1) is 17.0. The molecule has 0 spiro atoms. The van der Waals surface area contributed by atoms with Gasteiger partial charge in [-0.3, -0.25) is 4.79 Å². The molecule has 0 saturated heterocycles. The first-order chi connectivity index (χ1) is 11.3. The van der Waals surface area contributed by atoms with Gasteiger partial charge in [0.1, 0.15) is 11.6 Å². The number of carbonyl (C=O) groups is 1. The summed E-state index contributed by atoms with van der Waals surface area (Å²) < 4.78 is 57.7. The van der Waals surface area contributed by atoms with E-state index in [4.69, 9.17) is 4.74 Å². The topological polar surface area (TPSA) is 72.5 Å². The van der Waals surface area contributed by atoms with Gasteiger partial charge in [0.25, 0.3) is 5.91 Å². The van der Waals surface area contributed by atoms with Gasteiger partial charge >= 0.3 is 0 Å². The van der Waals surface area contributed by atoms with Gasteiger partial charge in [-0.15, -0.1) is 11.3 Å². The van der Waals surface area contributed by atoms with Crippen LogP contribution in [0, 0.1) is 11.6 Å². The molecule has 1 aliphatic rings. The molecule has 0 saturated carbocycles. The molecule has 0 bridgehead atoms. The van der Waals surface area contributed by atoms with Crippen LogP contribution in [0.15, 0.2) is 24.3 Å². The Morgan fingerprint density at radius 3 is 2.79 bits per heavy atom. The number of amides is 1. The minimum atomic E-state index is -4.11. The van der Waals surface area contributed by atoms with Gasteiger partial charge in [0.15, 0.2) is 0 Å². The molecule has 1 N–H and O–H groups in total. The minimum Gasteiger partial charge on any atom is -0.376 e. The highest BCUT2D eigenvalue weighted by Crippen LogP contribution is 2.27. The Balaban J connectivity index is 1.74. The van der Waals surface area contributed by atoms with Crippen LogP contribution in [0.3, 0.4) is 0 Å². The first-order valence-corrected chi connectivity index (χ1v) is 9.49. The number of fused-ring (bicyclic) bond motifs is 1. The van der Waals surface area contributed by atoms with Crippen LogP contribution in [0.5, 0.6) is 0 Å². The number of rotatable bonds is 4. The number of hydrogen-bond acceptors (Lipinski definition) is 5. The lowest BCUT2D eigenvalue weighted by Crippen LogP contribution is -2.31. The smallest absolute Gasteiger partial charge is 0.274 e. The Labute approximate surface area is 141 Å². The Hall–Kier alpha value is -1.84. The van der Waals surface area contributed by atoms with Gasteiger partial charge in [0, 0.05) is 22.9 Å². The minimum absolute atomic E-state index is 0.212. The largest absolute Gasteiger partial charge is 0.376 e. The van der Waals surface area contributed by atoms with Crippen molar-refractivity contribution < 1.29 is 26.7 Å². The van der Waals surface area contributed by atoms with Crippen LogP contribution in [0.2, 0.25) is 0 Å². The van der Waals surface area contributed by atoms with Gasteiger partial charge in [-0.2, -0.15) is 0 Å². The highest BCUT2D eigenvalue weighted by molar-refractivity contribution is 7.89. The molecule has 0 fully saturated rings. The number of carbonyl (C=O) groups excluding carboxylic acids is 1. The molecule has 0 aliphatic carbocycles. The van der Waals surface area contributed by atoms with E-state index in [2.05, 4.69) is 0 Å². The lowest BCUT2D eigenvalue weighted by atomic mass is 10.2. The average Bonchev–Trinajstić information content (AvgIpc) is 2.94. The highest BCUT2D eigenvalue weighted by atomic mass is 32.2. The summed E-state index contributed by atoms with van der Waals surface area (Å²) in [5, 5.41) is 0. The van der Waals surface area contributed by atoms with Gasteiger partial charge < -0.3 is 4.74 Å². The highest BCUT2D eigenvalue weighted by Gasteiger charge is 2.22. The van der Waals surface area contributed by atoms with Gasteiger partial charge in [0.2, 0.25) is 10.0 Å². The number of hydrogen-bond donors (Lipinski definition) is 1. The zero-order chi connectivity index (χ0) is 17.3. The molecule has 1 amide bonds. The number of sulfonamides is 1. The maximum atomic E-state index is 13.6. The van der Waals surface area contributed by atoms with Gasteiger partial charge in [-0.25, -0.2) is 21.9 Å². The number of thiophene rings is 1. The van der Waals surface area contributed by atoms with E-state index in [1.54, 1.807) is 6.07 Å². The second-order valence-electron chi connectivity index (χ2n) is 5.29. The van der Waals surface area contributed by atoms with E-state index in [-0.39, 0.29) is 10.4 Å². The van der Waals surface area contributed by atoms with Crippen molar-refractivity contribution in [2.45, 2.75) is 18.8 Å². The van der Waals surface area contributed by atoms with Gasteiger partial charge in [-0.05, 0) is 17.7 Å². The van der Waals surface area contributed by atoms with Crippen molar-refractivity contribution in [3.8, 4) is 0 Å². The molecule has 9 heteroatoms. The summed E-state index contributed by atoms with van der Waals surface area (Å²) in [6, 6.07) is 4.20. The van der Waals surface area contributed by atoms with E-state index >= 15 is 0 Å². The summed E-state index contributed by atoms with van der Waals surface area (Å²) in [7, 11) is -4.11. The summed E-state index contributed by atoms with van der Waals surface area (Å²) in [6.07, 6.45) is 0.681. The van der Waals surface area contributed by atoms with Crippen molar-refractivity contribution in [3.63, 3.8) is 0 Å². The van der Waals surface area contributed by atoms with Crippen LogP contribution in [-0.4, -0.2) is 20.9 Å². The monoisotopic (exact) mass is 373 g/mol. The Kier molecular flexibility index (Phi) is 4.66. The zero-order valence-electron chi connectivity index (χ0n) is 12.3. The summed E-state index contributed by atoms with van der Waals surface area (Å²) in [5.41, 5.74) is 0.661. The molecule has 0 atom stereocenters. The first-order valence-electron chi connectivity index (χ1n) is 7.02. The fourth-order valence-electron chi connectivity index (χ4n) is 2.33. The molecule has 1 aromatic carbocycles. The second-order valence-corrected chi connectivity index (χ2v) is 8.15. The van der Waals surface area contributed by atoms with E-state index in [1.165, 1.54) is 11.3 Å². The Morgan fingerprint density at radius 2 is 2.08 bits per heavy atom. The van der Waals surface area contributed by atoms with Crippen LogP contribution in [0.1, 0.15) is 25.7 Å². The fourth-order valence-corrected chi connectivity index (χ4v) is 4.55. The van der Waals surface area contributed by atoms with Gasteiger partial charge in [0.05, 0.1) is 23.8 Å². The van der Waals surface area contributed by atoms with Crippen LogP contribution >= 0.6 is 11.3 Å². The molecule has 1 aliphatic heterocycles. The molecule has 3 rings (SSSR count). The molecule has 0 radical (unpaired) electrons. The predicted octanol–water partition coefficient (Wildman–Crippen LogP) is 2.36. The third-order valence-electron chi connectivity index (χ3n) is 3.46. The van der Waals surface area contributed by atoms with Crippen LogP contribution in [0.4, 0.5) is 8.78 Å². The maximum absolute atomic E-state index is 13.6. The maximum Gasteiger partial charge on any atom is 0.274 e. The molecule has 2 aromatic rings. The number of halogens is 2. The fraction of sp³-hybridized carbons (Fsp3) is 0.267. The normalized spacial score (nSPS) is 14.2. The molecule has 24 heavy (non-hydrogen) atoms.